The lowest BCUT2D eigenvalue weighted by atomic mass is 10.0. The fourth-order valence-electron chi connectivity index (χ4n) is 4.26. The van der Waals surface area contributed by atoms with Crippen LogP contribution in [0.15, 0.2) is 90.0 Å². The topological polar surface area (TPSA) is 59.5 Å². The fraction of sp³-hybridized carbons (Fsp3) is 0.222. The van der Waals surface area contributed by atoms with E-state index in [2.05, 4.69) is 29.2 Å². The summed E-state index contributed by atoms with van der Waals surface area (Å²) in [5.41, 5.74) is 4.11. The molecule has 1 saturated heterocycles. The number of rotatable bonds is 5. The largest absolute Gasteiger partial charge is 0.488 e. The van der Waals surface area contributed by atoms with E-state index in [1.807, 2.05) is 49.4 Å². The van der Waals surface area contributed by atoms with Crippen LogP contribution in [0.3, 0.4) is 0 Å². The summed E-state index contributed by atoms with van der Waals surface area (Å²) >= 11 is 0. The number of piperidine rings is 1. The van der Waals surface area contributed by atoms with E-state index in [1.165, 1.54) is 5.56 Å². The number of nitrogens with zero attached hydrogens (tertiary/aromatic N) is 2. The summed E-state index contributed by atoms with van der Waals surface area (Å²) in [4.78, 5) is 4.77. The first-order valence-electron chi connectivity index (χ1n) is 11.2. The van der Waals surface area contributed by atoms with E-state index >= 15 is 0 Å². The lowest BCUT2D eigenvalue weighted by molar-refractivity contribution is 0.136. The highest BCUT2D eigenvalue weighted by Gasteiger charge is 2.30. The second-order valence-corrected chi connectivity index (χ2v) is 10.4. The Morgan fingerprint density at radius 1 is 0.848 bits per heavy atom. The van der Waals surface area contributed by atoms with Crippen LogP contribution in [0.2, 0.25) is 0 Å². The molecule has 0 aliphatic carbocycles. The molecular weight excluding hydrogens is 432 g/mol. The molecule has 3 aromatic carbocycles. The summed E-state index contributed by atoms with van der Waals surface area (Å²) in [5, 5.41) is 1.03. The molecule has 1 aliphatic rings. The van der Waals surface area contributed by atoms with Crippen molar-refractivity contribution in [2.24, 2.45) is 0 Å². The van der Waals surface area contributed by atoms with Crippen LogP contribution in [0.25, 0.3) is 22.0 Å². The molecule has 0 amide bonds. The van der Waals surface area contributed by atoms with Crippen LogP contribution >= 0.6 is 0 Å². The third kappa shape index (κ3) is 4.49. The van der Waals surface area contributed by atoms with Gasteiger partial charge >= 0.3 is 0 Å². The molecule has 0 unspecified atom stereocenters. The minimum Gasteiger partial charge on any atom is -0.488 e. The average molecular weight is 459 g/mol. The lowest BCUT2D eigenvalue weighted by Gasteiger charge is -2.31. The Bertz CT molecular complexity index is 1350. The third-order valence-corrected chi connectivity index (χ3v) is 8.08. The number of aromatic nitrogens is 1. The second-order valence-electron chi connectivity index (χ2n) is 8.44. The summed E-state index contributed by atoms with van der Waals surface area (Å²) in [7, 11) is -3.53. The van der Waals surface area contributed by atoms with Gasteiger partial charge in [-0.2, -0.15) is 4.31 Å². The standard InChI is InChI=1S/C27H26N2O3S/c1-20-7-9-21(10-8-20)22-11-13-25(14-12-22)33(30,31)29-18-15-24(16-19-29)32-26-6-2-4-23-5-3-17-28-27(23)26/h2-14,17,24H,15-16,18-19H2,1H3. The van der Waals surface area contributed by atoms with Crippen LogP contribution in [-0.4, -0.2) is 36.9 Å². The second kappa shape index (κ2) is 8.96. The Kier molecular flexibility index (Phi) is 5.87. The molecule has 0 bridgehead atoms. The molecule has 1 aromatic heterocycles. The fourth-order valence-corrected chi connectivity index (χ4v) is 5.73. The quantitative estimate of drug-likeness (QED) is 0.399. The Morgan fingerprint density at radius 2 is 1.48 bits per heavy atom. The van der Waals surface area contributed by atoms with Gasteiger partial charge in [0.15, 0.2) is 0 Å². The molecule has 1 aliphatic heterocycles. The summed E-state index contributed by atoms with van der Waals surface area (Å²) in [5.74, 6) is 0.751. The SMILES string of the molecule is Cc1ccc(-c2ccc(S(=O)(=O)N3CCC(Oc4cccc5cccnc45)CC3)cc2)cc1. The normalized spacial score (nSPS) is 15.5. The molecule has 5 nitrogen and oxygen atoms in total. The number of para-hydroxylation sites is 1. The molecule has 0 atom stereocenters. The molecule has 5 rings (SSSR count). The van der Waals surface area contributed by atoms with E-state index < -0.39 is 10.0 Å². The van der Waals surface area contributed by atoms with Gasteiger partial charge in [0.1, 0.15) is 17.4 Å². The summed E-state index contributed by atoms with van der Waals surface area (Å²) in [6.45, 7) is 2.92. The highest BCUT2D eigenvalue weighted by Crippen LogP contribution is 2.29. The van der Waals surface area contributed by atoms with E-state index in [-0.39, 0.29) is 6.10 Å². The molecule has 0 radical (unpaired) electrons. The molecular formula is C27H26N2O3S. The number of hydrogen-bond donors (Lipinski definition) is 0. The number of ether oxygens (including phenoxy) is 1. The highest BCUT2D eigenvalue weighted by molar-refractivity contribution is 7.89. The maximum Gasteiger partial charge on any atom is 0.243 e. The van der Waals surface area contributed by atoms with Crippen LogP contribution in [0.1, 0.15) is 18.4 Å². The van der Waals surface area contributed by atoms with Crippen molar-refractivity contribution >= 4 is 20.9 Å². The first kappa shape index (κ1) is 21.6. The Labute approximate surface area is 194 Å². The number of aryl methyl sites for hydroxylation is 1. The Morgan fingerprint density at radius 3 is 2.18 bits per heavy atom. The minimum atomic E-state index is -3.53. The first-order chi connectivity index (χ1) is 16.0. The lowest BCUT2D eigenvalue weighted by Crippen LogP contribution is -2.41. The third-order valence-electron chi connectivity index (χ3n) is 6.17. The van der Waals surface area contributed by atoms with Gasteiger partial charge < -0.3 is 4.74 Å². The van der Waals surface area contributed by atoms with Crippen molar-refractivity contribution in [1.82, 2.24) is 9.29 Å². The van der Waals surface area contributed by atoms with Crippen molar-refractivity contribution in [3.8, 4) is 16.9 Å². The number of pyridine rings is 1. The van der Waals surface area contributed by atoms with Gasteiger partial charge in [0, 0.05) is 24.7 Å². The maximum absolute atomic E-state index is 13.2. The van der Waals surface area contributed by atoms with Crippen LogP contribution in [0.4, 0.5) is 0 Å². The molecule has 33 heavy (non-hydrogen) atoms. The van der Waals surface area contributed by atoms with E-state index in [1.54, 1.807) is 22.6 Å². The van der Waals surface area contributed by atoms with Gasteiger partial charge in [-0.15, -0.1) is 0 Å². The number of hydrogen-bond acceptors (Lipinski definition) is 4. The minimum absolute atomic E-state index is 0.0343. The van der Waals surface area contributed by atoms with Gasteiger partial charge in [-0.3, -0.25) is 4.98 Å². The Hall–Kier alpha value is -3.22. The highest BCUT2D eigenvalue weighted by atomic mass is 32.2. The van der Waals surface area contributed by atoms with Crippen molar-refractivity contribution in [2.45, 2.75) is 30.8 Å². The van der Waals surface area contributed by atoms with Crippen LogP contribution in [-0.2, 0) is 10.0 Å². The van der Waals surface area contributed by atoms with E-state index in [4.69, 9.17) is 4.74 Å². The zero-order valence-corrected chi connectivity index (χ0v) is 19.3. The van der Waals surface area contributed by atoms with Crippen molar-refractivity contribution in [3.63, 3.8) is 0 Å². The van der Waals surface area contributed by atoms with Gasteiger partial charge in [0.05, 0.1) is 4.90 Å². The van der Waals surface area contributed by atoms with Gasteiger partial charge in [0.2, 0.25) is 10.0 Å². The molecule has 0 N–H and O–H groups in total. The average Bonchev–Trinajstić information content (AvgIpc) is 2.85. The number of sulfonamides is 1. The predicted octanol–water partition coefficient (Wildman–Crippen LogP) is 5.44. The van der Waals surface area contributed by atoms with Crippen molar-refractivity contribution in [2.75, 3.05) is 13.1 Å². The van der Waals surface area contributed by atoms with Crippen LogP contribution in [0.5, 0.6) is 5.75 Å². The van der Waals surface area contributed by atoms with Gasteiger partial charge in [0.25, 0.3) is 0 Å². The van der Waals surface area contributed by atoms with E-state index in [9.17, 15) is 8.42 Å². The van der Waals surface area contributed by atoms with Gasteiger partial charge in [-0.25, -0.2) is 8.42 Å². The molecule has 1 fully saturated rings. The van der Waals surface area contributed by atoms with Crippen molar-refractivity contribution in [3.05, 3.63) is 90.6 Å². The van der Waals surface area contributed by atoms with Crippen LogP contribution < -0.4 is 4.74 Å². The summed E-state index contributed by atoms with van der Waals surface area (Å²) in [6, 6.07) is 25.2. The smallest absolute Gasteiger partial charge is 0.243 e. The summed E-state index contributed by atoms with van der Waals surface area (Å²) in [6.07, 6.45) is 3.01. The summed E-state index contributed by atoms with van der Waals surface area (Å²) < 4.78 is 34.2. The molecule has 6 heteroatoms. The zero-order chi connectivity index (χ0) is 22.8. The van der Waals surface area contributed by atoms with E-state index in [0.29, 0.717) is 30.8 Å². The molecule has 0 saturated carbocycles. The monoisotopic (exact) mass is 458 g/mol. The predicted molar refractivity (Wildman–Crippen MR) is 131 cm³/mol. The molecule has 2 heterocycles. The molecule has 0 spiro atoms. The molecule has 4 aromatic rings. The number of fused-ring (bicyclic) bond motifs is 1. The number of benzene rings is 3. The van der Waals surface area contributed by atoms with Gasteiger partial charge in [-0.1, -0.05) is 60.2 Å². The van der Waals surface area contributed by atoms with Crippen molar-refractivity contribution < 1.29 is 13.2 Å². The van der Waals surface area contributed by atoms with E-state index in [0.717, 1.165) is 27.8 Å². The van der Waals surface area contributed by atoms with Crippen LogP contribution in [0, 0.1) is 6.92 Å². The van der Waals surface area contributed by atoms with Crippen molar-refractivity contribution in [1.29, 1.82) is 0 Å². The Balaban J connectivity index is 1.26. The zero-order valence-electron chi connectivity index (χ0n) is 18.5. The maximum atomic E-state index is 13.2. The van der Waals surface area contributed by atoms with Gasteiger partial charge in [-0.05, 0) is 55.2 Å². The molecule has 168 valence electrons. The first-order valence-corrected chi connectivity index (χ1v) is 12.6.